The van der Waals surface area contributed by atoms with Crippen LogP contribution >= 0.6 is 0 Å². The van der Waals surface area contributed by atoms with E-state index in [1.807, 2.05) is 11.8 Å². The summed E-state index contributed by atoms with van der Waals surface area (Å²) in [6.45, 7) is 5.45. The highest BCUT2D eigenvalue weighted by Gasteiger charge is 2.29. The van der Waals surface area contributed by atoms with E-state index in [9.17, 15) is 4.79 Å². The number of nitrogens with zero attached hydrogens (tertiary/aromatic N) is 3. The number of ether oxygens (including phenoxy) is 1. The minimum Gasteiger partial charge on any atom is -0.481 e. The first kappa shape index (κ1) is 12.6. The number of anilines is 1. The van der Waals surface area contributed by atoms with Gasteiger partial charge in [-0.05, 0) is 20.3 Å². The summed E-state index contributed by atoms with van der Waals surface area (Å²) in [6, 6.07) is 1.76. The Morgan fingerprint density at radius 2 is 2.39 bits per heavy atom. The standard InChI is InChI=1S/C12H17N3O3/c1-3-18-11-6-10(13-8(2)14-11)15-5-4-9(7-15)12(16)17/h6,9H,3-5,7H2,1-2H3,(H,16,17). The Labute approximate surface area is 106 Å². The van der Waals surface area contributed by atoms with Gasteiger partial charge in [0, 0.05) is 19.2 Å². The van der Waals surface area contributed by atoms with E-state index >= 15 is 0 Å². The maximum atomic E-state index is 10.9. The van der Waals surface area contributed by atoms with Crippen molar-refractivity contribution < 1.29 is 14.6 Å². The van der Waals surface area contributed by atoms with Crippen LogP contribution in [0.4, 0.5) is 5.82 Å². The van der Waals surface area contributed by atoms with Crippen LogP contribution in [0.2, 0.25) is 0 Å². The summed E-state index contributed by atoms with van der Waals surface area (Å²) in [7, 11) is 0. The Morgan fingerprint density at radius 1 is 1.61 bits per heavy atom. The number of carbonyl (C=O) groups is 1. The Kier molecular flexibility index (Phi) is 3.64. The third kappa shape index (κ3) is 2.69. The van der Waals surface area contributed by atoms with Gasteiger partial charge in [-0.15, -0.1) is 0 Å². The van der Waals surface area contributed by atoms with Crippen LogP contribution in [0.15, 0.2) is 6.07 Å². The molecule has 0 radical (unpaired) electrons. The van der Waals surface area contributed by atoms with E-state index in [-0.39, 0.29) is 5.92 Å². The molecule has 1 aromatic rings. The maximum absolute atomic E-state index is 10.9. The molecule has 0 amide bonds. The van der Waals surface area contributed by atoms with Crippen molar-refractivity contribution in [3.05, 3.63) is 11.9 Å². The van der Waals surface area contributed by atoms with E-state index in [1.54, 1.807) is 13.0 Å². The van der Waals surface area contributed by atoms with Crippen LogP contribution in [0, 0.1) is 12.8 Å². The van der Waals surface area contributed by atoms with Crippen molar-refractivity contribution in [2.24, 2.45) is 5.92 Å². The molecule has 1 N–H and O–H groups in total. The second-order valence-corrected chi connectivity index (χ2v) is 4.31. The number of carboxylic acid groups (broad SMARTS) is 1. The van der Waals surface area contributed by atoms with E-state index < -0.39 is 5.97 Å². The quantitative estimate of drug-likeness (QED) is 0.863. The van der Waals surface area contributed by atoms with Crippen molar-refractivity contribution in [1.29, 1.82) is 0 Å². The molecule has 1 aliphatic rings. The second-order valence-electron chi connectivity index (χ2n) is 4.31. The lowest BCUT2D eigenvalue weighted by molar-refractivity contribution is -0.140. The molecule has 1 aromatic heterocycles. The topological polar surface area (TPSA) is 75.5 Å². The van der Waals surface area contributed by atoms with Gasteiger partial charge >= 0.3 is 5.97 Å². The predicted octanol–water partition coefficient (Wildman–Crippen LogP) is 1.09. The van der Waals surface area contributed by atoms with Crippen molar-refractivity contribution in [2.45, 2.75) is 20.3 Å². The van der Waals surface area contributed by atoms with E-state index in [4.69, 9.17) is 9.84 Å². The van der Waals surface area contributed by atoms with Crippen LogP contribution in [0.3, 0.4) is 0 Å². The molecule has 2 rings (SSSR count). The van der Waals surface area contributed by atoms with Crippen molar-refractivity contribution in [1.82, 2.24) is 9.97 Å². The molecule has 98 valence electrons. The zero-order valence-electron chi connectivity index (χ0n) is 10.6. The first-order valence-electron chi connectivity index (χ1n) is 6.06. The third-order valence-electron chi connectivity index (χ3n) is 2.95. The van der Waals surface area contributed by atoms with Crippen molar-refractivity contribution in [3.63, 3.8) is 0 Å². The fourth-order valence-electron chi connectivity index (χ4n) is 2.08. The molecular weight excluding hydrogens is 234 g/mol. The number of carboxylic acids is 1. The normalized spacial score (nSPS) is 19.0. The molecule has 1 saturated heterocycles. The minimum atomic E-state index is -0.742. The molecule has 6 nitrogen and oxygen atoms in total. The molecule has 0 aromatic carbocycles. The largest absolute Gasteiger partial charge is 0.481 e. The van der Waals surface area contributed by atoms with E-state index in [1.165, 1.54) is 0 Å². The van der Waals surface area contributed by atoms with Crippen LogP contribution in [0.5, 0.6) is 5.88 Å². The Hall–Kier alpha value is -1.85. The fourth-order valence-corrected chi connectivity index (χ4v) is 2.08. The zero-order valence-corrected chi connectivity index (χ0v) is 10.6. The number of aryl methyl sites for hydroxylation is 1. The zero-order chi connectivity index (χ0) is 13.1. The smallest absolute Gasteiger partial charge is 0.308 e. The first-order chi connectivity index (χ1) is 8.60. The number of hydrogen-bond donors (Lipinski definition) is 1. The van der Waals surface area contributed by atoms with Crippen LogP contribution in [0.1, 0.15) is 19.2 Å². The van der Waals surface area contributed by atoms with Gasteiger partial charge in [0.1, 0.15) is 11.6 Å². The van der Waals surface area contributed by atoms with Gasteiger partial charge < -0.3 is 14.7 Å². The molecule has 1 aliphatic heterocycles. The van der Waals surface area contributed by atoms with Gasteiger partial charge in [-0.25, -0.2) is 4.98 Å². The average Bonchev–Trinajstić information content (AvgIpc) is 2.78. The Balaban J connectivity index is 2.16. The van der Waals surface area contributed by atoms with Gasteiger partial charge in [0.2, 0.25) is 5.88 Å². The summed E-state index contributed by atoms with van der Waals surface area (Å²) >= 11 is 0. The molecule has 2 heterocycles. The van der Waals surface area contributed by atoms with Crippen LogP contribution in [0.25, 0.3) is 0 Å². The Bertz CT molecular complexity index is 450. The van der Waals surface area contributed by atoms with Crippen LogP contribution < -0.4 is 9.64 Å². The van der Waals surface area contributed by atoms with Gasteiger partial charge in [0.15, 0.2) is 0 Å². The third-order valence-corrected chi connectivity index (χ3v) is 2.95. The van der Waals surface area contributed by atoms with E-state index in [0.717, 1.165) is 5.82 Å². The van der Waals surface area contributed by atoms with Crippen molar-refractivity contribution in [2.75, 3.05) is 24.6 Å². The number of aliphatic carboxylic acids is 1. The van der Waals surface area contributed by atoms with Gasteiger partial charge in [0.05, 0.1) is 12.5 Å². The van der Waals surface area contributed by atoms with Gasteiger partial charge in [-0.3, -0.25) is 4.79 Å². The van der Waals surface area contributed by atoms with Crippen molar-refractivity contribution >= 4 is 11.8 Å². The monoisotopic (exact) mass is 251 g/mol. The molecule has 1 atom stereocenters. The number of aromatic nitrogens is 2. The highest BCUT2D eigenvalue weighted by atomic mass is 16.5. The van der Waals surface area contributed by atoms with Crippen LogP contribution in [-0.2, 0) is 4.79 Å². The second kappa shape index (κ2) is 5.20. The molecule has 0 spiro atoms. The Morgan fingerprint density at radius 3 is 3.00 bits per heavy atom. The van der Waals surface area contributed by atoms with Crippen molar-refractivity contribution in [3.8, 4) is 5.88 Å². The minimum absolute atomic E-state index is 0.309. The van der Waals surface area contributed by atoms with Crippen LogP contribution in [-0.4, -0.2) is 40.7 Å². The first-order valence-corrected chi connectivity index (χ1v) is 6.06. The molecule has 18 heavy (non-hydrogen) atoms. The molecule has 1 fully saturated rings. The molecule has 0 aliphatic carbocycles. The molecule has 1 unspecified atom stereocenters. The summed E-state index contributed by atoms with van der Waals surface area (Å²) in [5.74, 6) is 0.868. The number of rotatable bonds is 4. The molecular formula is C12H17N3O3. The van der Waals surface area contributed by atoms with E-state index in [2.05, 4.69) is 9.97 Å². The summed E-state index contributed by atoms with van der Waals surface area (Å²) in [5.41, 5.74) is 0. The van der Waals surface area contributed by atoms with Gasteiger partial charge in [-0.1, -0.05) is 0 Å². The molecule has 0 saturated carbocycles. The molecule has 0 bridgehead atoms. The average molecular weight is 251 g/mol. The lowest BCUT2D eigenvalue weighted by Gasteiger charge is -2.17. The predicted molar refractivity (Wildman–Crippen MR) is 65.9 cm³/mol. The number of hydrogen-bond acceptors (Lipinski definition) is 5. The maximum Gasteiger partial charge on any atom is 0.308 e. The fraction of sp³-hybridized carbons (Fsp3) is 0.583. The van der Waals surface area contributed by atoms with Gasteiger partial charge in [0.25, 0.3) is 0 Å². The lowest BCUT2D eigenvalue weighted by Crippen LogP contribution is -2.23. The molecule has 6 heteroatoms. The highest BCUT2D eigenvalue weighted by molar-refractivity contribution is 5.71. The van der Waals surface area contributed by atoms with E-state index in [0.29, 0.717) is 37.8 Å². The summed E-state index contributed by atoms with van der Waals surface area (Å²) < 4.78 is 5.37. The highest BCUT2D eigenvalue weighted by Crippen LogP contribution is 2.24. The van der Waals surface area contributed by atoms with Gasteiger partial charge in [-0.2, -0.15) is 4.98 Å². The summed E-state index contributed by atoms with van der Waals surface area (Å²) in [4.78, 5) is 21.4. The summed E-state index contributed by atoms with van der Waals surface area (Å²) in [5, 5.41) is 8.99. The lowest BCUT2D eigenvalue weighted by atomic mass is 10.1. The SMILES string of the molecule is CCOc1cc(N2CCC(C(=O)O)C2)nc(C)n1. The summed E-state index contributed by atoms with van der Waals surface area (Å²) in [6.07, 6.45) is 0.655.